The van der Waals surface area contributed by atoms with Gasteiger partial charge >= 0.3 is 0 Å². The highest BCUT2D eigenvalue weighted by atomic mass is 32.2. The van der Waals surface area contributed by atoms with Gasteiger partial charge in [-0.3, -0.25) is 9.36 Å². The second-order valence-corrected chi connectivity index (χ2v) is 9.78. The van der Waals surface area contributed by atoms with Crippen molar-refractivity contribution in [3.05, 3.63) is 95.3 Å². The van der Waals surface area contributed by atoms with Crippen molar-refractivity contribution in [1.82, 2.24) is 14.8 Å². The Bertz CT molecular complexity index is 1270. The van der Waals surface area contributed by atoms with Gasteiger partial charge in [0.2, 0.25) is 5.91 Å². The first-order chi connectivity index (χ1) is 16.9. The first-order valence-corrected chi connectivity index (χ1v) is 12.6. The van der Waals surface area contributed by atoms with E-state index in [1.807, 2.05) is 98.1 Å². The Hall–Kier alpha value is -3.58. The number of rotatable bonds is 9. The molecule has 1 N–H and O–H groups in total. The molecule has 0 aliphatic heterocycles. The van der Waals surface area contributed by atoms with Crippen molar-refractivity contribution in [2.24, 2.45) is 0 Å². The van der Waals surface area contributed by atoms with Crippen molar-refractivity contribution >= 4 is 23.4 Å². The number of carbonyl (C=O) groups excluding carboxylic acids is 1. The van der Waals surface area contributed by atoms with E-state index in [1.165, 1.54) is 22.9 Å². The highest BCUT2D eigenvalue weighted by Gasteiger charge is 2.21. The molecule has 4 aromatic rings. The van der Waals surface area contributed by atoms with Crippen LogP contribution < -0.4 is 10.1 Å². The van der Waals surface area contributed by atoms with E-state index in [0.717, 1.165) is 29.1 Å². The summed E-state index contributed by atoms with van der Waals surface area (Å²) in [6.07, 6.45) is 0.963. The van der Waals surface area contributed by atoms with Crippen LogP contribution in [-0.2, 0) is 17.8 Å². The molecular formula is C28H30N4O2S. The van der Waals surface area contributed by atoms with Crippen LogP contribution in [0.4, 0.5) is 5.69 Å². The molecule has 0 fully saturated rings. The molecule has 1 heterocycles. The Kier molecular flexibility index (Phi) is 7.87. The minimum Gasteiger partial charge on any atom is -0.486 e. The molecule has 4 rings (SSSR count). The zero-order valence-corrected chi connectivity index (χ0v) is 21.3. The SMILES string of the molecule is CCc1ccc(NC(=O)[C@@H](C)Sc2nnc(COc3ccc(C)cc3)n2-c2ccc(C)cc2)cc1. The molecule has 0 saturated carbocycles. The number of carbonyl (C=O) groups is 1. The fourth-order valence-corrected chi connectivity index (χ4v) is 4.37. The van der Waals surface area contributed by atoms with E-state index in [2.05, 4.69) is 22.4 Å². The van der Waals surface area contributed by atoms with Crippen molar-refractivity contribution in [3.8, 4) is 11.4 Å². The number of nitrogens with zero attached hydrogens (tertiary/aromatic N) is 3. The average Bonchev–Trinajstić information content (AvgIpc) is 3.26. The number of nitrogens with one attached hydrogen (secondary N) is 1. The van der Waals surface area contributed by atoms with Crippen molar-refractivity contribution in [2.75, 3.05) is 5.32 Å². The minimum atomic E-state index is -0.375. The van der Waals surface area contributed by atoms with Gasteiger partial charge in [-0.1, -0.05) is 66.2 Å². The lowest BCUT2D eigenvalue weighted by Gasteiger charge is -2.14. The number of thioether (sulfide) groups is 1. The second kappa shape index (κ2) is 11.2. The molecule has 35 heavy (non-hydrogen) atoms. The quantitative estimate of drug-likeness (QED) is 0.288. The molecule has 7 heteroatoms. The van der Waals surface area contributed by atoms with E-state index in [0.29, 0.717) is 11.0 Å². The van der Waals surface area contributed by atoms with Gasteiger partial charge in [0, 0.05) is 11.4 Å². The lowest BCUT2D eigenvalue weighted by atomic mass is 10.1. The van der Waals surface area contributed by atoms with Gasteiger partial charge in [0.1, 0.15) is 12.4 Å². The van der Waals surface area contributed by atoms with Crippen LogP contribution in [0.15, 0.2) is 78.0 Å². The first kappa shape index (κ1) is 24.5. The number of aromatic nitrogens is 3. The van der Waals surface area contributed by atoms with Crippen LogP contribution in [0.3, 0.4) is 0 Å². The summed E-state index contributed by atoms with van der Waals surface area (Å²) in [7, 11) is 0. The molecule has 1 amide bonds. The van der Waals surface area contributed by atoms with E-state index in [4.69, 9.17) is 4.74 Å². The number of hydrogen-bond donors (Lipinski definition) is 1. The molecule has 0 spiro atoms. The average molecular weight is 487 g/mol. The smallest absolute Gasteiger partial charge is 0.237 e. The van der Waals surface area contributed by atoms with Gasteiger partial charge in [-0.15, -0.1) is 10.2 Å². The maximum Gasteiger partial charge on any atom is 0.237 e. The van der Waals surface area contributed by atoms with E-state index in [-0.39, 0.29) is 17.8 Å². The summed E-state index contributed by atoms with van der Waals surface area (Å²) in [5.74, 6) is 1.35. The Morgan fingerprint density at radius 3 is 2.20 bits per heavy atom. The summed E-state index contributed by atoms with van der Waals surface area (Å²) < 4.78 is 7.94. The number of hydrogen-bond acceptors (Lipinski definition) is 5. The van der Waals surface area contributed by atoms with Crippen molar-refractivity contribution in [3.63, 3.8) is 0 Å². The van der Waals surface area contributed by atoms with Gasteiger partial charge in [-0.2, -0.15) is 0 Å². The van der Waals surface area contributed by atoms with Crippen LogP contribution in [-0.4, -0.2) is 25.9 Å². The zero-order chi connectivity index (χ0) is 24.8. The topological polar surface area (TPSA) is 69.0 Å². The number of ether oxygens (including phenoxy) is 1. The number of amides is 1. The molecular weight excluding hydrogens is 456 g/mol. The Morgan fingerprint density at radius 1 is 0.943 bits per heavy atom. The second-order valence-electron chi connectivity index (χ2n) is 8.47. The third kappa shape index (κ3) is 6.31. The van der Waals surface area contributed by atoms with Gasteiger partial charge < -0.3 is 10.1 Å². The van der Waals surface area contributed by atoms with Crippen molar-refractivity contribution < 1.29 is 9.53 Å². The van der Waals surface area contributed by atoms with Crippen molar-refractivity contribution in [2.45, 2.75) is 51.1 Å². The first-order valence-electron chi connectivity index (χ1n) is 11.7. The molecule has 0 bridgehead atoms. The van der Waals surface area contributed by atoms with Gasteiger partial charge in [0.05, 0.1) is 5.25 Å². The fraction of sp³-hybridized carbons (Fsp3) is 0.250. The Labute approximate surface area is 210 Å². The summed E-state index contributed by atoms with van der Waals surface area (Å²) in [5.41, 5.74) is 5.28. The van der Waals surface area contributed by atoms with Gasteiger partial charge in [-0.05, 0) is 69.2 Å². The van der Waals surface area contributed by atoms with E-state index in [1.54, 1.807) is 0 Å². The van der Waals surface area contributed by atoms with E-state index < -0.39 is 0 Å². The summed E-state index contributed by atoms with van der Waals surface area (Å²) in [6.45, 7) is 8.33. The van der Waals surface area contributed by atoms with Gasteiger partial charge in [0.15, 0.2) is 11.0 Å². The minimum absolute atomic E-state index is 0.0878. The lowest BCUT2D eigenvalue weighted by molar-refractivity contribution is -0.115. The highest BCUT2D eigenvalue weighted by Crippen LogP contribution is 2.27. The van der Waals surface area contributed by atoms with Crippen LogP contribution in [0.5, 0.6) is 5.75 Å². The predicted octanol–water partition coefficient (Wildman–Crippen LogP) is 6.14. The van der Waals surface area contributed by atoms with E-state index in [9.17, 15) is 4.79 Å². The van der Waals surface area contributed by atoms with Gasteiger partial charge in [-0.25, -0.2) is 0 Å². The fourth-order valence-electron chi connectivity index (χ4n) is 3.49. The lowest BCUT2D eigenvalue weighted by Crippen LogP contribution is -2.23. The summed E-state index contributed by atoms with van der Waals surface area (Å²) in [4.78, 5) is 12.9. The molecule has 1 aromatic heterocycles. The highest BCUT2D eigenvalue weighted by molar-refractivity contribution is 8.00. The van der Waals surface area contributed by atoms with Crippen molar-refractivity contribution in [1.29, 1.82) is 0 Å². The molecule has 180 valence electrons. The normalized spacial score (nSPS) is 11.8. The zero-order valence-electron chi connectivity index (χ0n) is 20.5. The monoisotopic (exact) mass is 486 g/mol. The van der Waals surface area contributed by atoms with Crippen LogP contribution >= 0.6 is 11.8 Å². The summed E-state index contributed by atoms with van der Waals surface area (Å²) >= 11 is 1.37. The maximum atomic E-state index is 12.9. The summed E-state index contributed by atoms with van der Waals surface area (Å²) in [6, 6.07) is 24.0. The number of aryl methyl sites for hydroxylation is 3. The molecule has 0 saturated heterocycles. The Morgan fingerprint density at radius 2 is 1.57 bits per heavy atom. The molecule has 6 nitrogen and oxygen atoms in total. The number of anilines is 1. The molecule has 0 aliphatic rings. The molecule has 0 radical (unpaired) electrons. The number of benzene rings is 3. The van der Waals surface area contributed by atoms with Crippen LogP contribution in [0.25, 0.3) is 5.69 Å². The molecule has 3 aromatic carbocycles. The summed E-state index contributed by atoms with van der Waals surface area (Å²) in [5, 5.41) is 12.1. The Balaban J connectivity index is 1.53. The van der Waals surface area contributed by atoms with Crippen LogP contribution in [0, 0.1) is 13.8 Å². The maximum absolute atomic E-state index is 12.9. The standard InChI is InChI=1S/C28H30N4O2S/c1-5-22-10-12-23(13-11-22)29-27(33)21(4)35-28-31-30-26(18-34-25-16-8-20(3)9-17-25)32(28)24-14-6-19(2)7-15-24/h6-17,21H,5,18H2,1-4H3,(H,29,33)/t21-/m1/s1. The molecule has 1 atom stereocenters. The van der Waals surface area contributed by atoms with Crippen LogP contribution in [0.2, 0.25) is 0 Å². The molecule has 0 unspecified atom stereocenters. The third-order valence-electron chi connectivity index (χ3n) is 5.66. The van der Waals surface area contributed by atoms with Gasteiger partial charge in [0.25, 0.3) is 0 Å². The molecule has 0 aliphatic carbocycles. The third-order valence-corrected chi connectivity index (χ3v) is 6.71. The largest absolute Gasteiger partial charge is 0.486 e. The predicted molar refractivity (Wildman–Crippen MR) is 141 cm³/mol. The van der Waals surface area contributed by atoms with Crippen LogP contribution in [0.1, 0.15) is 36.4 Å². The van der Waals surface area contributed by atoms with E-state index >= 15 is 0 Å².